The Morgan fingerprint density at radius 3 is 2.67 bits per heavy atom. The molecule has 1 unspecified atom stereocenters. The Labute approximate surface area is 129 Å². The minimum Gasteiger partial charge on any atom is -0.490 e. The summed E-state index contributed by atoms with van der Waals surface area (Å²) in [5, 5.41) is 3.45. The van der Waals surface area contributed by atoms with Gasteiger partial charge in [0.05, 0.1) is 6.10 Å². The first-order chi connectivity index (χ1) is 10.3. The van der Waals surface area contributed by atoms with Crippen LogP contribution in [0.2, 0.25) is 0 Å². The molecule has 0 heterocycles. The van der Waals surface area contributed by atoms with Gasteiger partial charge in [-0.15, -0.1) is 0 Å². The Morgan fingerprint density at radius 1 is 1.14 bits per heavy atom. The second kappa shape index (κ2) is 6.83. The molecule has 1 N–H and O–H groups in total. The first kappa shape index (κ1) is 14.9. The minimum atomic E-state index is 0.439. The number of fused-ring (bicyclic) bond motifs is 1. The van der Waals surface area contributed by atoms with Crippen LogP contribution in [0, 0.1) is 5.92 Å². The van der Waals surface area contributed by atoms with Gasteiger partial charge in [0.1, 0.15) is 5.75 Å². The minimum absolute atomic E-state index is 0.439. The molecule has 1 aromatic rings. The lowest BCUT2D eigenvalue weighted by Crippen LogP contribution is -2.26. The van der Waals surface area contributed by atoms with Crippen LogP contribution in [-0.4, -0.2) is 13.2 Å². The van der Waals surface area contributed by atoms with E-state index in [9.17, 15) is 0 Å². The molecule has 2 heteroatoms. The van der Waals surface area contributed by atoms with Crippen molar-refractivity contribution < 1.29 is 4.74 Å². The maximum Gasteiger partial charge on any atom is 0.123 e. The van der Waals surface area contributed by atoms with Crippen molar-refractivity contribution in [2.24, 2.45) is 5.92 Å². The standard InChI is InChI=1S/C19H29NO/c1-3-14-10-12-15(13-11-14)21-19-9-5-6-16-17(19)7-4-8-18(16)20-2/h5-6,9,14-15,18,20H,3-4,7-8,10-13H2,1-2H3. The van der Waals surface area contributed by atoms with Gasteiger partial charge >= 0.3 is 0 Å². The lowest BCUT2D eigenvalue weighted by molar-refractivity contribution is 0.128. The third-order valence-electron chi connectivity index (χ3n) is 5.48. The van der Waals surface area contributed by atoms with Gasteiger partial charge in [-0.2, -0.15) is 0 Å². The van der Waals surface area contributed by atoms with Crippen LogP contribution >= 0.6 is 0 Å². The van der Waals surface area contributed by atoms with Crippen LogP contribution in [-0.2, 0) is 6.42 Å². The molecule has 1 saturated carbocycles. The summed E-state index contributed by atoms with van der Waals surface area (Å²) in [4.78, 5) is 0. The second-order valence-corrected chi connectivity index (χ2v) is 6.73. The summed E-state index contributed by atoms with van der Waals surface area (Å²) in [6.07, 6.45) is 10.6. The summed E-state index contributed by atoms with van der Waals surface area (Å²) in [6, 6.07) is 7.13. The first-order valence-corrected chi connectivity index (χ1v) is 8.77. The number of rotatable bonds is 4. The molecule has 2 aliphatic rings. The van der Waals surface area contributed by atoms with Crippen molar-refractivity contribution in [3.63, 3.8) is 0 Å². The van der Waals surface area contributed by atoms with Gasteiger partial charge in [-0.1, -0.05) is 25.5 Å². The van der Waals surface area contributed by atoms with Crippen molar-refractivity contribution in [2.75, 3.05) is 7.05 Å². The maximum absolute atomic E-state index is 6.41. The van der Waals surface area contributed by atoms with E-state index in [0.29, 0.717) is 12.1 Å². The molecule has 1 fully saturated rings. The average Bonchev–Trinajstić information content (AvgIpc) is 2.55. The summed E-state index contributed by atoms with van der Waals surface area (Å²) in [6.45, 7) is 2.32. The smallest absolute Gasteiger partial charge is 0.123 e. The average molecular weight is 287 g/mol. The van der Waals surface area contributed by atoms with Gasteiger partial charge < -0.3 is 10.1 Å². The summed E-state index contributed by atoms with van der Waals surface area (Å²) in [7, 11) is 2.07. The van der Waals surface area contributed by atoms with Gasteiger partial charge in [-0.3, -0.25) is 0 Å². The van der Waals surface area contributed by atoms with Crippen molar-refractivity contribution in [1.29, 1.82) is 0 Å². The summed E-state index contributed by atoms with van der Waals surface area (Å²) < 4.78 is 6.41. The van der Waals surface area contributed by atoms with Gasteiger partial charge in [0, 0.05) is 6.04 Å². The molecule has 0 radical (unpaired) electrons. The molecule has 0 bridgehead atoms. The van der Waals surface area contributed by atoms with Gasteiger partial charge in [0.15, 0.2) is 0 Å². The zero-order valence-electron chi connectivity index (χ0n) is 13.5. The zero-order valence-corrected chi connectivity index (χ0v) is 13.5. The van der Waals surface area contributed by atoms with Crippen LogP contribution in [0.4, 0.5) is 0 Å². The SMILES string of the molecule is CCC1CCC(Oc2cccc3c2CCCC3NC)CC1. The fourth-order valence-electron chi connectivity index (χ4n) is 4.06. The van der Waals surface area contributed by atoms with Crippen LogP contribution in [0.1, 0.15) is 69.0 Å². The van der Waals surface area contributed by atoms with Gasteiger partial charge in [0.25, 0.3) is 0 Å². The molecule has 0 saturated heterocycles. The van der Waals surface area contributed by atoms with E-state index in [1.165, 1.54) is 62.5 Å². The highest BCUT2D eigenvalue weighted by Crippen LogP contribution is 2.37. The van der Waals surface area contributed by atoms with Crippen LogP contribution in [0.3, 0.4) is 0 Å². The predicted molar refractivity (Wildman–Crippen MR) is 87.8 cm³/mol. The van der Waals surface area contributed by atoms with E-state index >= 15 is 0 Å². The normalized spacial score (nSPS) is 29.0. The Hall–Kier alpha value is -1.02. The van der Waals surface area contributed by atoms with E-state index in [1.54, 1.807) is 0 Å². The van der Waals surface area contributed by atoms with Crippen LogP contribution in [0.15, 0.2) is 18.2 Å². The molecule has 116 valence electrons. The summed E-state index contributed by atoms with van der Waals surface area (Å²) in [5.41, 5.74) is 2.92. The topological polar surface area (TPSA) is 21.3 Å². The van der Waals surface area contributed by atoms with E-state index in [0.717, 1.165) is 11.7 Å². The monoisotopic (exact) mass is 287 g/mol. The van der Waals surface area contributed by atoms with Crippen molar-refractivity contribution in [3.8, 4) is 5.75 Å². The Bertz CT molecular complexity index is 463. The molecular formula is C19H29NO. The molecule has 3 rings (SSSR count). The molecule has 1 aromatic carbocycles. The highest BCUT2D eigenvalue weighted by Gasteiger charge is 2.25. The lowest BCUT2D eigenvalue weighted by atomic mass is 9.85. The third kappa shape index (κ3) is 3.26. The van der Waals surface area contributed by atoms with E-state index in [-0.39, 0.29) is 0 Å². The number of ether oxygens (including phenoxy) is 1. The highest BCUT2D eigenvalue weighted by atomic mass is 16.5. The van der Waals surface area contributed by atoms with Gasteiger partial charge in [0.2, 0.25) is 0 Å². The van der Waals surface area contributed by atoms with Crippen molar-refractivity contribution in [1.82, 2.24) is 5.32 Å². The maximum atomic E-state index is 6.41. The van der Waals surface area contributed by atoms with Crippen molar-refractivity contribution in [3.05, 3.63) is 29.3 Å². The van der Waals surface area contributed by atoms with Crippen molar-refractivity contribution >= 4 is 0 Å². The fourth-order valence-corrected chi connectivity index (χ4v) is 4.06. The summed E-state index contributed by atoms with van der Waals surface area (Å²) >= 11 is 0. The Balaban J connectivity index is 1.72. The zero-order chi connectivity index (χ0) is 14.7. The number of hydrogen-bond donors (Lipinski definition) is 1. The van der Waals surface area contributed by atoms with Crippen molar-refractivity contribution in [2.45, 2.75) is 70.4 Å². The number of hydrogen-bond acceptors (Lipinski definition) is 2. The molecular weight excluding hydrogens is 258 g/mol. The largest absolute Gasteiger partial charge is 0.490 e. The first-order valence-electron chi connectivity index (χ1n) is 8.77. The Morgan fingerprint density at radius 2 is 1.95 bits per heavy atom. The van der Waals surface area contributed by atoms with Crippen LogP contribution < -0.4 is 10.1 Å². The molecule has 0 aromatic heterocycles. The molecule has 2 aliphatic carbocycles. The predicted octanol–water partition coefficient (Wildman–Crippen LogP) is 4.63. The van der Waals surface area contributed by atoms with Crippen LogP contribution in [0.25, 0.3) is 0 Å². The Kier molecular flexibility index (Phi) is 4.84. The molecule has 0 amide bonds. The highest BCUT2D eigenvalue weighted by molar-refractivity contribution is 5.43. The fraction of sp³-hybridized carbons (Fsp3) is 0.684. The number of nitrogens with one attached hydrogen (secondary N) is 1. The number of benzene rings is 1. The van der Waals surface area contributed by atoms with E-state index < -0.39 is 0 Å². The summed E-state index contributed by atoms with van der Waals surface area (Å²) in [5.74, 6) is 2.09. The lowest BCUT2D eigenvalue weighted by Gasteiger charge is -2.31. The second-order valence-electron chi connectivity index (χ2n) is 6.73. The molecule has 0 spiro atoms. The van der Waals surface area contributed by atoms with Crippen LogP contribution in [0.5, 0.6) is 5.75 Å². The molecule has 21 heavy (non-hydrogen) atoms. The molecule has 1 atom stereocenters. The molecule has 0 aliphatic heterocycles. The molecule has 2 nitrogen and oxygen atoms in total. The van der Waals surface area contributed by atoms with E-state index in [2.05, 4.69) is 37.5 Å². The quantitative estimate of drug-likeness (QED) is 0.871. The van der Waals surface area contributed by atoms with Gasteiger partial charge in [-0.25, -0.2) is 0 Å². The third-order valence-corrected chi connectivity index (χ3v) is 5.48. The van der Waals surface area contributed by atoms with Gasteiger partial charge in [-0.05, 0) is 75.1 Å². The van der Waals surface area contributed by atoms with E-state index in [1.807, 2.05) is 0 Å². The van der Waals surface area contributed by atoms with E-state index in [4.69, 9.17) is 4.74 Å².